The topological polar surface area (TPSA) is 47.1 Å². The van der Waals surface area contributed by atoms with E-state index in [4.69, 9.17) is 17.3 Å². The quantitative estimate of drug-likeness (QED) is 0.796. The molecule has 1 aromatic rings. The standard InChI is InChI=1S/C10H17ClN4/c1-6-4-8(5-14(6)3)15-10(12)9(11)7(2)13-15/h6,8H,4-5,12H2,1-3H3. The normalized spacial score (nSPS) is 27.5. The fourth-order valence-corrected chi connectivity index (χ4v) is 2.29. The molecule has 4 nitrogen and oxygen atoms in total. The lowest BCUT2D eigenvalue weighted by Gasteiger charge is -2.13. The summed E-state index contributed by atoms with van der Waals surface area (Å²) >= 11 is 6.03. The predicted molar refractivity (Wildman–Crippen MR) is 62.1 cm³/mol. The van der Waals surface area contributed by atoms with E-state index in [1.807, 2.05) is 11.6 Å². The molecule has 2 unspecified atom stereocenters. The molecule has 2 rings (SSSR count). The van der Waals surface area contributed by atoms with Crippen molar-refractivity contribution in [3.8, 4) is 0 Å². The van der Waals surface area contributed by atoms with Gasteiger partial charge in [0.1, 0.15) is 10.8 Å². The summed E-state index contributed by atoms with van der Waals surface area (Å²) in [6.45, 7) is 5.09. The van der Waals surface area contributed by atoms with Gasteiger partial charge in [0.15, 0.2) is 0 Å². The first-order valence-electron chi connectivity index (χ1n) is 5.21. The molecular formula is C10H17ClN4. The van der Waals surface area contributed by atoms with Crippen LogP contribution in [0.25, 0.3) is 0 Å². The van der Waals surface area contributed by atoms with E-state index in [1.165, 1.54) is 0 Å². The van der Waals surface area contributed by atoms with Crippen molar-refractivity contribution in [1.82, 2.24) is 14.7 Å². The second kappa shape index (κ2) is 3.68. The Morgan fingerprint density at radius 3 is 2.60 bits per heavy atom. The summed E-state index contributed by atoms with van der Waals surface area (Å²) < 4.78 is 1.87. The molecule has 0 amide bonds. The first kappa shape index (κ1) is 10.8. The zero-order valence-electron chi connectivity index (χ0n) is 9.37. The Kier molecular flexibility index (Phi) is 2.64. The third-order valence-electron chi connectivity index (χ3n) is 3.26. The van der Waals surface area contributed by atoms with Gasteiger partial charge in [-0.3, -0.25) is 0 Å². The number of hydrogen-bond acceptors (Lipinski definition) is 3. The first-order chi connectivity index (χ1) is 7.00. The molecule has 1 aromatic heterocycles. The minimum Gasteiger partial charge on any atom is -0.383 e. The van der Waals surface area contributed by atoms with Crippen LogP contribution in [0.4, 0.5) is 5.82 Å². The Bertz CT molecular complexity index is 364. The van der Waals surface area contributed by atoms with E-state index >= 15 is 0 Å². The zero-order chi connectivity index (χ0) is 11.2. The number of rotatable bonds is 1. The van der Waals surface area contributed by atoms with Crippen molar-refractivity contribution >= 4 is 17.4 Å². The van der Waals surface area contributed by atoms with Gasteiger partial charge in [0.25, 0.3) is 0 Å². The van der Waals surface area contributed by atoms with Gasteiger partial charge in [-0.15, -0.1) is 0 Å². The van der Waals surface area contributed by atoms with Gasteiger partial charge < -0.3 is 10.6 Å². The number of hydrogen-bond donors (Lipinski definition) is 1. The molecule has 84 valence electrons. The zero-order valence-corrected chi connectivity index (χ0v) is 10.1. The van der Waals surface area contributed by atoms with Gasteiger partial charge in [-0.1, -0.05) is 11.6 Å². The third-order valence-corrected chi connectivity index (χ3v) is 3.72. The van der Waals surface area contributed by atoms with Crippen molar-refractivity contribution in [2.24, 2.45) is 0 Å². The highest BCUT2D eigenvalue weighted by Gasteiger charge is 2.29. The summed E-state index contributed by atoms with van der Waals surface area (Å²) in [7, 11) is 2.12. The molecule has 1 aliphatic heterocycles. The van der Waals surface area contributed by atoms with E-state index in [2.05, 4.69) is 24.0 Å². The van der Waals surface area contributed by atoms with Crippen LogP contribution < -0.4 is 5.73 Å². The molecule has 2 N–H and O–H groups in total. The number of halogens is 1. The number of likely N-dealkylation sites (N-methyl/N-ethyl adjacent to an activating group) is 1. The maximum absolute atomic E-state index is 6.03. The van der Waals surface area contributed by atoms with E-state index in [1.54, 1.807) is 0 Å². The second-order valence-electron chi connectivity index (χ2n) is 4.41. The summed E-state index contributed by atoms with van der Waals surface area (Å²) in [5.74, 6) is 0.599. The van der Waals surface area contributed by atoms with Gasteiger partial charge in [0, 0.05) is 12.6 Å². The molecule has 0 bridgehead atoms. The number of nitrogens with zero attached hydrogens (tertiary/aromatic N) is 3. The Hall–Kier alpha value is -0.740. The maximum atomic E-state index is 6.03. The van der Waals surface area contributed by atoms with Crippen LogP contribution in [-0.2, 0) is 0 Å². The average molecular weight is 229 g/mol. The fourth-order valence-electron chi connectivity index (χ4n) is 2.16. The number of nitrogen functional groups attached to an aromatic ring is 1. The van der Waals surface area contributed by atoms with Gasteiger partial charge in [-0.25, -0.2) is 4.68 Å². The highest BCUT2D eigenvalue weighted by molar-refractivity contribution is 6.33. The molecule has 1 aliphatic rings. The van der Waals surface area contributed by atoms with E-state index in [9.17, 15) is 0 Å². The van der Waals surface area contributed by atoms with Crippen molar-refractivity contribution in [1.29, 1.82) is 0 Å². The van der Waals surface area contributed by atoms with Crippen molar-refractivity contribution in [3.05, 3.63) is 10.7 Å². The maximum Gasteiger partial charge on any atom is 0.141 e. The van der Waals surface area contributed by atoms with Gasteiger partial charge in [-0.05, 0) is 27.3 Å². The van der Waals surface area contributed by atoms with Crippen LogP contribution in [0, 0.1) is 6.92 Å². The largest absolute Gasteiger partial charge is 0.383 e. The lowest BCUT2D eigenvalue weighted by atomic mass is 10.2. The SMILES string of the molecule is Cc1nn(C2CC(C)N(C)C2)c(N)c1Cl. The molecule has 0 saturated carbocycles. The van der Waals surface area contributed by atoms with Crippen LogP contribution in [0.3, 0.4) is 0 Å². The highest BCUT2D eigenvalue weighted by Crippen LogP contribution is 2.31. The predicted octanol–water partition coefficient (Wildman–Crippen LogP) is 1.69. The second-order valence-corrected chi connectivity index (χ2v) is 4.79. The number of aryl methyl sites for hydroxylation is 1. The molecule has 5 heteroatoms. The van der Waals surface area contributed by atoms with E-state index in [-0.39, 0.29) is 0 Å². The minimum absolute atomic E-state index is 0.358. The molecule has 0 aromatic carbocycles. The molecule has 0 spiro atoms. The van der Waals surface area contributed by atoms with Crippen molar-refractivity contribution in [3.63, 3.8) is 0 Å². The molecule has 1 fully saturated rings. The van der Waals surface area contributed by atoms with Gasteiger partial charge in [0.2, 0.25) is 0 Å². The highest BCUT2D eigenvalue weighted by atomic mass is 35.5. The molecule has 2 atom stereocenters. The minimum atomic E-state index is 0.358. The summed E-state index contributed by atoms with van der Waals surface area (Å²) in [6.07, 6.45) is 1.08. The monoisotopic (exact) mass is 228 g/mol. The molecule has 2 heterocycles. The summed E-state index contributed by atoms with van der Waals surface area (Å²) in [6, 6.07) is 0.939. The van der Waals surface area contributed by atoms with E-state index < -0.39 is 0 Å². The molecule has 1 saturated heterocycles. The summed E-state index contributed by atoms with van der Waals surface area (Å²) in [5, 5.41) is 4.99. The van der Waals surface area contributed by atoms with Crippen LogP contribution in [0.15, 0.2) is 0 Å². The van der Waals surface area contributed by atoms with Crippen LogP contribution in [0.1, 0.15) is 25.1 Å². The fraction of sp³-hybridized carbons (Fsp3) is 0.700. The Balaban J connectivity index is 2.28. The van der Waals surface area contributed by atoms with Crippen LogP contribution in [-0.4, -0.2) is 34.3 Å². The molecular weight excluding hydrogens is 212 g/mol. The van der Waals surface area contributed by atoms with Crippen molar-refractivity contribution in [2.45, 2.75) is 32.4 Å². The molecule has 15 heavy (non-hydrogen) atoms. The lowest BCUT2D eigenvalue weighted by Crippen LogP contribution is -2.22. The number of aromatic nitrogens is 2. The Morgan fingerprint density at radius 2 is 2.20 bits per heavy atom. The van der Waals surface area contributed by atoms with Crippen LogP contribution >= 0.6 is 11.6 Å². The number of nitrogens with two attached hydrogens (primary N) is 1. The van der Waals surface area contributed by atoms with Gasteiger partial charge >= 0.3 is 0 Å². The third kappa shape index (κ3) is 1.72. The van der Waals surface area contributed by atoms with Gasteiger partial charge in [-0.2, -0.15) is 5.10 Å². The first-order valence-corrected chi connectivity index (χ1v) is 5.58. The number of likely N-dealkylation sites (tertiary alicyclic amines) is 1. The molecule has 0 radical (unpaired) electrons. The van der Waals surface area contributed by atoms with E-state index in [0.29, 0.717) is 22.9 Å². The van der Waals surface area contributed by atoms with Crippen LogP contribution in [0.2, 0.25) is 5.02 Å². The smallest absolute Gasteiger partial charge is 0.141 e. The van der Waals surface area contributed by atoms with Crippen LogP contribution in [0.5, 0.6) is 0 Å². The average Bonchev–Trinajstić information content (AvgIpc) is 2.63. The summed E-state index contributed by atoms with van der Waals surface area (Å²) in [4.78, 5) is 2.31. The number of anilines is 1. The summed E-state index contributed by atoms with van der Waals surface area (Å²) in [5.41, 5.74) is 6.74. The Labute approximate surface area is 95.0 Å². The molecule has 0 aliphatic carbocycles. The Morgan fingerprint density at radius 1 is 1.53 bits per heavy atom. The van der Waals surface area contributed by atoms with Gasteiger partial charge in [0.05, 0.1) is 11.7 Å². The van der Waals surface area contributed by atoms with E-state index in [0.717, 1.165) is 18.7 Å². The van der Waals surface area contributed by atoms with Crippen molar-refractivity contribution in [2.75, 3.05) is 19.3 Å². The van der Waals surface area contributed by atoms with Crippen molar-refractivity contribution < 1.29 is 0 Å². The lowest BCUT2D eigenvalue weighted by molar-refractivity contribution is 0.323.